The second-order valence-corrected chi connectivity index (χ2v) is 10.7. The normalized spacial score (nSPS) is 22.1. The SMILES string of the molecule is Cc1cc(Nc2nccc(C(F)(F)F)n2)cc(-c2cnc([C@]3(O)CC[C@H](C(=O)O)C(C)(C)C3)s2)c1. The molecule has 2 aromatic heterocycles. The molecule has 1 aromatic carbocycles. The fourth-order valence-electron chi connectivity index (χ4n) is 4.71. The molecule has 7 nitrogen and oxygen atoms in total. The number of hydrogen-bond donors (Lipinski definition) is 3. The minimum Gasteiger partial charge on any atom is -0.481 e. The van der Waals surface area contributed by atoms with Crippen molar-refractivity contribution in [1.82, 2.24) is 15.0 Å². The molecule has 35 heavy (non-hydrogen) atoms. The van der Waals surface area contributed by atoms with Gasteiger partial charge in [-0.05, 0) is 60.9 Å². The molecule has 0 bridgehead atoms. The number of carboxylic acids is 1. The van der Waals surface area contributed by atoms with Gasteiger partial charge in [0.15, 0.2) is 0 Å². The lowest BCUT2D eigenvalue weighted by Gasteiger charge is -2.44. The van der Waals surface area contributed by atoms with Gasteiger partial charge in [-0.2, -0.15) is 13.2 Å². The molecule has 0 spiro atoms. The van der Waals surface area contributed by atoms with Crippen LogP contribution >= 0.6 is 11.3 Å². The highest BCUT2D eigenvalue weighted by molar-refractivity contribution is 7.15. The van der Waals surface area contributed by atoms with Gasteiger partial charge in [-0.25, -0.2) is 15.0 Å². The van der Waals surface area contributed by atoms with Crippen molar-refractivity contribution in [2.75, 3.05) is 5.32 Å². The van der Waals surface area contributed by atoms with Gasteiger partial charge in [0.05, 0.1) is 10.8 Å². The van der Waals surface area contributed by atoms with Crippen LogP contribution in [0.25, 0.3) is 10.4 Å². The Kier molecular flexibility index (Phi) is 6.35. The van der Waals surface area contributed by atoms with Gasteiger partial charge in [-0.1, -0.05) is 19.9 Å². The lowest BCUT2D eigenvalue weighted by molar-refractivity contribution is -0.154. The number of anilines is 2. The maximum atomic E-state index is 13.0. The summed E-state index contributed by atoms with van der Waals surface area (Å²) in [5.74, 6) is -1.57. The van der Waals surface area contributed by atoms with Crippen molar-refractivity contribution in [2.24, 2.45) is 11.3 Å². The number of aromatic nitrogens is 3. The number of aryl methyl sites for hydroxylation is 1. The summed E-state index contributed by atoms with van der Waals surface area (Å²) in [5, 5.41) is 24.2. The summed E-state index contributed by atoms with van der Waals surface area (Å²) in [4.78, 5) is 24.3. The molecule has 1 aliphatic rings. The molecule has 3 aromatic rings. The smallest absolute Gasteiger partial charge is 0.433 e. The number of thiazole rings is 1. The second-order valence-electron chi connectivity index (χ2n) is 9.63. The van der Waals surface area contributed by atoms with E-state index in [4.69, 9.17) is 0 Å². The van der Waals surface area contributed by atoms with Crippen LogP contribution in [0.15, 0.2) is 36.7 Å². The van der Waals surface area contributed by atoms with E-state index < -0.39 is 34.8 Å². The zero-order valence-corrected chi connectivity index (χ0v) is 20.2. The quantitative estimate of drug-likeness (QED) is 0.403. The van der Waals surface area contributed by atoms with E-state index in [9.17, 15) is 28.2 Å². The summed E-state index contributed by atoms with van der Waals surface area (Å²) in [6.07, 6.45) is -0.956. The third-order valence-corrected chi connectivity index (χ3v) is 7.54. The number of halogens is 3. The van der Waals surface area contributed by atoms with Crippen molar-refractivity contribution >= 4 is 28.9 Å². The Balaban J connectivity index is 1.59. The van der Waals surface area contributed by atoms with Crippen LogP contribution in [0.2, 0.25) is 0 Å². The Morgan fingerprint density at radius 3 is 2.63 bits per heavy atom. The van der Waals surface area contributed by atoms with E-state index in [-0.39, 0.29) is 12.4 Å². The molecule has 1 fully saturated rings. The van der Waals surface area contributed by atoms with Crippen molar-refractivity contribution < 1.29 is 28.2 Å². The lowest BCUT2D eigenvalue weighted by Crippen LogP contribution is -2.44. The molecule has 1 saturated carbocycles. The zero-order chi connectivity index (χ0) is 25.6. The molecule has 0 amide bonds. The second kappa shape index (κ2) is 8.87. The molecule has 11 heteroatoms. The van der Waals surface area contributed by atoms with Crippen LogP contribution in [0.1, 0.15) is 49.4 Å². The van der Waals surface area contributed by atoms with E-state index in [0.717, 1.165) is 28.3 Å². The number of nitrogens with zero attached hydrogens (tertiary/aromatic N) is 3. The van der Waals surface area contributed by atoms with Crippen LogP contribution in [-0.2, 0) is 16.6 Å². The first-order valence-corrected chi connectivity index (χ1v) is 11.8. The summed E-state index contributed by atoms with van der Waals surface area (Å²) in [5.41, 5.74) is -0.732. The molecule has 2 heterocycles. The minimum absolute atomic E-state index is 0.173. The largest absolute Gasteiger partial charge is 0.481 e. The van der Waals surface area contributed by atoms with Gasteiger partial charge in [-0.3, -0.25) is 4.79 Å². The van der Waals surface area contributed by atoms with Gasteiger partial charge in [0, 0.05) is 18.1 Å². The molecule has 3 N–H and O–H groups in total. The van der Waals surface area contributed by atoms with Gasteiger partial charge < -0.3 is 15.5 Å². The first kappa shape index (κ1) is 25.1. The first-order chi connectivity index (χ1) is 16.3. The number of aliphatic hydroxyl groups is 1. The van der Waals surface area contributed by atoms with E-state index in [2.05, 4.69) is 20.3 Å². The molecular weight excluding hydrogens is 481 g/mol. The van der Waals surface area contributed by atoms with Crippen LogP contribution in [0.3, 0.4) is 0 Å². The average Bonchev–Trinajstić information content (AvgIpc) is 3.23. The Labute approximate surface area is 204 Å². The van der Waals surface area contributed by atoms with E-state index in [0.29, 0.717) is 23.5 Å². The number of rotatable bonds is 5. The first-order valence-electron chi connectivity index (χ1n) is 11.0. The number of aliphatic carboxylic acids is 1. The maximum absolute atomic E-state index is 13.0. The van der Waals surface area contributed by atoms with Crippen molar-refractivity contribution in [3.63, 3.8) is 0 Å². The van der Waals surface area contributed by atoms with Crippen molar-refractivity contribution in [2.45, 2.75) is 51.8 Å². The summed E-state index contributed by atoms with van der Waals surface area (Å²) in [6, 6.07) is 6.23. The molecule has 0 unspecified atom stereocenters. The van der Waals surface area contributed by atoms with Crippen LogP contribution in [-0.4, -0.2) is 31.1 Å². The molecular formula is C24H25F3N4O3S. The highest BCUT2D eigenvalue weighted by Crippen LogP contribution is 2.51. The predicted molar refractivity (Wildman–Crippen MR) is 125 cm³/mol. The van der Waals surface area contributed by atoms with Crippen LogP contribution in [0.5, 0.6) is 0 Å². The number of alkyl halides is 3. The van der Waals surface area contributed by atoms with Crippen molar-refractivity contribution in [3.8, 4) is 10.4 Å². The molecule has 0 aliphatic heterocycles. The summed E-state index contributed by atoms with van der Waals surface area (Å²) in [7, 11) is 0. The topological polar surface area (TPSA) is 108 Å². The maximum Gasteiger partial charge on any atom is 0.433 e. The number of nitrogens with one attached hydrogen (secondary N) is 1. The van der Waals surface area contributed by atoms with Gasteiger partial charge in [-0.15, -0.1) is 11.3 Å². The molecule has 186 valence electrons. The van der Waals surface area contributed by atoms with Crippen LogP contribution < -0.4 is 5.32 Å². The summed E-state index contributed by atoms with van der Waals surface area (Å²) < 4.78 is 38.9. The monoisotopic (exact) mass is 506 g/mol. The van der Waals surface area contributed by atoms with Crippen molar-refractivity contribution in [1.29, 1.82) is 0 Å². The molecule has 1 aliphatic carbocycles. The van der Waals surface area contributed by atoms with Crippen molar-refractivity contribution in [3.05, 3.63) is 52.9 Å². The number of carboxylic acid groups (broad SMARTS) is 1. The molecule has 2 atom stereocenters. The zero-order valence-electron chi connectivity index (χ0n) is 19.3. The fourth-order valence-corrected chi connectivity index (χ4v) is 5.72. The fraction of sp³-hybridized carbons (Fsp3) is 0.417. The molecule has 4 rings (SSSR count). The summed E-state index contributed by atoms with van der Waals surface area (Å²) >= 11 is 1.31. The average molecular weight is 507 g/mol. The Morgan fingerprint density at radius 2 is 1.97 bits per heavy atom. The van der Waals surface area contributed by atoms with Gasteiger partial charge in [0.25, 0.3) is 0 Å². The Hall–Kier alpha value is -3.05. The van der Waals surface area contributed by atoms with Gasteiger partial charge >= 0.3 is 12.1 Å². The van der Waals surface area contributed by atoms with E-state index >= 15 is 0 Å². The number of hydrogen-bond acceptors (Lipinski definition) is 7. The third kappa shape index (κ3) is 5.30. The summed E-state index contributed by atoms with van der Waals surface area (Å²) in [6.45, 7) is 5.55. The Morgan fingerprint density at radius 1 is 1.23 bits per heavy atom. The number of benzene rings is 1. The minimum atomic E-state index is -4.57. The Bertz CT molecular complexity index is 1260. The van der Waals surface area contributed by atoms with E-state index in [1.54, 1.807) is 18.3 Å². The van der Waals surface area contributed by atoms with Gasteiger partial charge in [0.2, 0.25) is 5.95 Å². The molecule has 0 radical (unpaired) electrons. The standard InChI is InChI=1S/C24H25F3N4O3S/c1-13-8-14(10-15(9-13)30-21-28-7-5-18(31-21)24(25,26)27)17-11-29-20(35-17)23(34)6-4-16(19(32)33)22(2,3)12-23/h5,7-11,16,34H,4,6,12H2,1-3H3,(H,32,33)(H,28,30,31)/t16-,23+/m1/s1. The number of carbonyl (C=O) groups is 1. The van der Waals surface area contributed by atoms with E-state index in [1.807, 2.05) is 26.8 Å². The van der Waals surface area contributed by atoms with E-state index in [1.165, 1.54) is 11.3 Å². The molecule has 0 saturated heterocycles. The lowest BCUT2D eigenvalue weighted by atomic mass is 9.63. The highest BCUT2D eigenvalue weighted by atomic mass is 32.1. The van der Waals surface area contributed by atoms with Crippen LogP contribution in [0.4, 0.5) is 24.8 Å². The highest BCUT2D eigenvalue weighted by Gasteiger charge is 2.49. The predicted octanol–water partition coefficient (Wildman–Crippen LogP) is 5.77. The van der Waals surface area contributed by atoms with Crippen LogP contribution in [0, 0.1) is 18.3 Å². The van der Waals surface area contributed by atoms with Gasteiger partial charge in [0.1, 0.15) is 16.3 Å². The third-order valence-electron chi connectivity index (χ3n) is 6.30.